The van der Waals surface area contributed by atoms with Gasteiger partial charge in [-0.05, 0) is 42.9 Å². The smallest absolute Gasteiger partial charge is 0.225 e. The van der Waals surface area contributed by atoms with Crippen molar-refractivity contribution < 1.29 is 4.79 Å². The number of piperidine rings is 1. The van der Waals surface area contributed by atoms with Crippen molar-refractivity contribution in [2.24, 2.45) is 11.8 Å². The maximum atomic E-state index is 12.1. The van der Waals surface area contributed by atoms with Crippen LogP contribution >= 0.6 is 0 Å². The van der Waals surface area contributed by atoms with Crippen molar-refractivity contribution in [3.8, 4) is 0 Å². The van der Waals surface area contributed by atoms with E-state index in [2.05, 4.69) is 22.1 Å². The van der Waals surface area contributed by atoms with E-state index in [1.807, 2.05) is 24.5 Å². The fraction of sp³-hybridized carbons (Fsp3) is 0.625. The second-order valence-electron chi connectivity index (χ2n) is 6.17. The number of hydrogen-bond acceptors (Lipinski definition) is 3. The lowest BCUT2D eigenvalue weighted by molar-refractivity contribution is -0.134. The van der Waals surface area contributed by atoms with Gasteiger partial charge in [-0.15, -0.1) is 0 Å². The molecule has 2 heterocycles. The Bertz CT molecular complexity index is 458. The highest BCUT2D eigenvalue weighted by molar-refractivity contribution is 5.81. The van der Waals surface area contributed by atoms with Crippen LogP contribution in [0.1, 0.15) is 31.7 Å². The topological polar surface area (TPSA) is 45.2 Å². The summed E-state index contributed by atoms with van der Waals surface area (Å²) in [5.74, 6) is 1.27. The molecule has 2 aliphatic rings. The molecule has 1 saturated carbocycles. The molecule has 1 amide bonds. The molecule has 0 bridgehead atoms. The lowest BCUT2D eigenvalue weighted by atomic mass is 9.93. The van der Waals surface area contributed by atoms with Gasteiger partial charge < -0.3 is 10.2 Å². The van der Waals surface area contributed by atoms with Crippen LogP contribution in [0.4, 0.5) is 0 Å². The van der Waals surface area contributed by atoms with Crippen molar-refractivity contribution in [1.29, 1.82) is 0 Å². The van der Waals surface area contributed by atoms with E-state index in [1.165, 1.54) is 5.56 Å². The fourth-order valence-electron chi connectivity index (χ4n) is 2.99. The quantitative estimate of drug-likeness (QED) is 0.910. The van der Waals surface area contributed by atoms with Crippen molar-refractivity contribution in [2.75, 3.05) is 13.1 Å². The first kappa shape index (κ1) is 13.6. The Morgan fingerprint density at radius 3 is 2.75 bits per heavy atom. The molecule has 0 spiro atoms. The summed E-state index contributed by atoms with van der Waals surface area (Å²) < 4.78 is 0. The highest BCUT2D eigenvalue weighted by Crippen LogP contribution is 2.32. The van der Waals surface area contributed by atoms with Crippen molar-refractivity contribution >= 4 is 5.91 Å². The fourth-order valence-corrected chi connectivity index (χ4v) is 2.99. The summed E-state index contributed by atoms with van der Waals surface area (Å²) >= 11 is 0. The summed E-state index contributed by atoms with van der Waals surface area (Å²) in [5.41, 5.74) is 1.27. The van der Waals surface area contributed by atoms with Crippen molar-refractivity contribution in [2.45, 2.75) is 38.8 Å². The van der Waals surface area contributed by atoms with Crippen LogP contribution in [0.3, 0.4) is 0 Å². The van der Waals surface area contributed by atoms with Gasteiger partial charge in [0.15, 0.2) is 0 Å². The Hall–Kier alpha value is -1.42. The Kier molecular flexibility index (Phi) is 4.01. The van der Waals surface area contributed by atoms with Gasteiger partial charge in [-0.2, -0.15) is 0 Å². The highest BCUT2D eigenvalue weighted by atomic mass is 16.2. The molecule has 3 rings (SSSR count). The molecule has 2 atom stereocenters. The average molecular weight is 273 g/mol. The van der Waals surface area contributed by atoms with Gasteiger partial charge in [0.2, 0.25) is 5.91 Å². The Morgan fingerprint density at radius 1 is 1.35 bits per heavy atom. The predicted molar refractivity (Wildman–Crippen MR) is 77.9 cm³/mol. The molecule has 0 unspecified atom stereocenters. The van der Waals surface area contributed by atoms with Gasteiger partial charge in [-0.25, -0.2) is 0 Å². The summed E-state index contributed by atoms with van der Waals surface area (Å²) in [6, 6.07) is 4.60. The van der Waals surface area contributed by atoms with Crippen LogP contribution in [-0.2, 0) is 11.3 Å². The second-order valence-corrected chi connectivity index (χ2v) is 6.17. The normalized spacial score (nSPS) is 26.6. The minimum atomic E-state index is 0.350. The average Bonchev–Trinajstić information content (AvgIpc) is 3.31. The minimum absolute atomic E-state index is 0.350. The summed E-state index contributed by atoms with van der Waals surface area (Å²) in [4.78, 5) is 18.2. The molecule has 0 radical (unpaired) electrons. The highest BCUT2D eigenvalue weighted by Gasteiger charge is 2.36. The molecule has 1 aromatic rings. The van der Waals surface area contributed by atoms with E-state index in [1.54, 1.807) is 0 Å². The number of hydrogen-bond donors (Lipinski definition) is 1. The Balaban J connectivity index is 1.48. The van der Waals surface area contributed by atoms with Gasteiger partial charge in [0.1, 0.15) is 0 Å². The van der Waals surface area contributed by atoms with Crippen LogP contribution in [0, 0.1) is 11.8 Å². The zero-order valence-corrected chi connectivity index (χ0v) is 12.1. The molecule has 1 aromatic heterocycles. The monoisotopic (exact) mass is 273 g/mol. The van der Waals surface area contributed by atoms with Crippen LogP contribution in [0.15, 0.2) is 24.5 Å². The summed E-state index contributed by atoms with van der Waals surface area (Å²) in [6.45, 7) is 4.95. The van der Waals surface area contributed by atoms with E-state index in [9.17, 15) is 4.79 Å². The van der Waals surface area contributed by atoms with Crippen molar-refractivity contribution in [1.82, 2.24) is 15.2 Å². The van der Waals surface area contributed by atoms with E-state index in [0.29, 0.717) is 23.8 Å². The van der Waals surface area contributed by atoms with E-state index >= 15 is 0 Å². The number of rotatable bonds is 4. The number of carbonyl (C=O) groups excluding carboxylic acids is 1. The molecular formula is C16H23N3O. The minimum Gasteiger partial charge on any atom is -0.342 e. The number of nitrogens with one attached hydrogen (secondary N) is 1. The van der Waals surface area contributed by atoms with Gasteiger partial charge in [0, 0.05) is 44.0 Å². The first-order chi connectivity index (χ1) is 9.74. The van der Waals surface area contributed by atoms with Crippen LogP contribution in [0.2, 0.25) is 0 Å². The van der Waals surface area contributed by atoms with Crippen LogP contribution in [-0.4, -0.2) is 34.9 Å². The maximum absolute atomic E-state index is 12.1. The van der Waals surface area contributed by atoms with E-state index in [0.717, 1.165) is 38.9 Å². The largest absolute Gasteiger partial charge is 0.342 e. The number of likely N-dealkylation sites (tertiary alicyclic amines) is 1. The van der Waals surface area contributed by atoms with Crippen molar-refractivity contribution in [3.63, 3.8) is 0 Å². The molecule has 2 fully saturated rings. The zero-order chi connectivity index (χ0) is 13.9. The molecule has 0 aromatic carbocycles. The summed E-state index contributed by atoms with van der Waals surface area (Å²) in [7, 11) is 0. The SMILES string of the molecule is C[C@@H]1CN(C(=O)C2CC2)CC[C@H]1NCc1ccncc1. The Morgan fingerprint density at radius 2 is 2.10 bits per heavy atom. The van der Waals surface area contributed by atoms with Gasteiger partial charge in [0.05, 0.1) is 0 Å². The molecule has 1 N–H and O–H groups in total. The molecule has 1 aliphatic carbocycles. The van der Waals surface area contributed by atoms with E-state index < -0.39 is 0 Å². The third-order valence-corrected chi connectivity index (χ3v) is 4.46. The van der Waals surface area contributed by atoms with Gasteiger partial charge in [0.25, 0.3) is 0 Å². The molecule has 4 nitrogen and oxygen atoms in total. The molecular weight excluding hydrogens is 250 g/mol. The first-order valence-electron chi connectivity index (χ1n) is 7.65. The molecule has 4 heteroatoms. The molecule has 1 aliphatic heterocycles. The maximum Gasteiger partial charge on any atom is 0.225 e. The van der Waals surface area contributed by atoms with Gasteiger partial charge >= 0.3 is 0 Å². The molecule has 20 heavy (non-hydrogen) atoms. The molecule has 1 saturated heterocycles. The Labute approximate surface area is 120 Å². The standard InChI is InChI=1S/C16H23N3O/c1-12-11-19(16(20)14-2-3-14)9-6-15(12)18-10-13-4-7-17-8-5-13/h4-5,7-8,12,14-15,18H,2-3,6,9-11H2,1H3/t12-,15-/m1/s1. The third-order valence-electron chi connectivity index (χ3n) is 4.46. The van der Waals surface area contributed by atoms with Gasteiger partial charge in [-0.1, -0.05) is 6.92 Å². The van der Waals surface area contributed by atoms with Crippen LogP contribution in [0.5, 0.6) is 0 Å². The lowest BCUT2D eigenvalue weighted by Crippen LogP contribution is -2.50. The first-order valence-corrected chi connectivity index (χ1v) is 7.65. The molecule has 108 valence electrons. The summed E-state index contributed by atoms with van der Waals surface area (Å²) in [6.07, 6.45) is 6.93. The van der Waals surface area contributed by atoms with Crippen LogP contribution in [0.25, 0.3) is 0 Å². The van der Waals surface area contributed by atoms with Gasteiger partial charge in [-0.3, -0.25) is 9.78 Å². The number of aromatic nitrogens is 1. The lowest BCUT2D eigenvalue weighted by Gasteiger charge is -2.37. The predicted octanol–water partition coefficient (Wildman–Crippen LogP) is 1.82. The zero-order valence-electron chi connectivity index (χ0n) is 12.1. The number of pyridine rings is 1. The third kappa shape index (κ3) is 3.18. The number of nitrogens with zero attached hydrogens (tertiary/aromatic N) is 2. The van der Waals surface area contributed by atoms with E-state index in [-0.39, 0.29) is 0 Å². The summed E-state index contributed by atoms with van der Waals surface area (Å²) in [5, 5.41) is 3.63. The van der Waals surface area contributed by atoms with Crippen molar-refractivity contribution in [3.05, 3.63) is 30.1 Å². The van der Waals surface area contributed by atoms with E-state index in [4.69, 9.17) is 0 Å². The number of carbonyl (C=O) groups is 1. The van der Waals surface area contributed by atoms with Crippen LogP contribution < -0.4 is 5.32 Å². The second kappa shape index (κ2) is 5.92. The number of amides is 1.